The van der Waals surface area contributed by atoms with Crippen LogP contribution in [0.5, 0.6) is 0 Å². The minimum Gasteiger partial charge on any atom is -0.355 e. The van der Waals surface area contributed by atoms with E-state index in [-0.39, 0.29) is 18.5 Å². The zero-order valence-corrected chi connectivity index (χ0v) is 12.7. The number of piperidine rings is 1. The third kappa shape index (κ3) is 6.61. The van der Waals surface area contributed by atoms with E-state index in [0.29, 0.717) is 18.4 Å². The molecule has 1 rings (SSSR count). The van der Waals surface area contributed by atoms with Crippen molar-refractivity contribution in [1.29, 1.82) is 0 Å². The fourth-order valence-corrected chi connectivity index (χ4v) is 2.69. The average Bonchev–Trinajstić information content (AvgIpc) is 2.35. The second-order valence-corrected chi connectivity index (χ2v) is 5.98. The molecule has 2 N–H and O–H groups in total. The van der Waals surface area contributed by atoms with Gasteiger partial charge in [0.1, 0.15) is 0 Å². The van der Waals surface area contributed by atoms with E-state index in [0.717, 1.165) is 26.1 Å². The summed E-state index contributed by atoms with van der Waals surface area (Å²) in [6, 6.07) is 0.113. The van der Waals surface area contributed by atoms with Gasteiger partial charge in [0.25, 0.3) is 6.43 Å². The van der Waals surface area contributed by atoms with E-state index in [1.165, 1.54) is 6.92 Å². The highest BCUT2D eigenvalue weighted by molar-refractivity contribution is 5.72. The standard InChI is InChI=1S/C14H27F2N3O/c1-10(2)12-6-13(18-7-14(15)16)9-19(8-12)5-4-17-11(3)20/h10,12-14,18H,4-9H2,1-3H3,(H,17,20). The summed E-state index contributed by atoms with van der Waals surface area (Å²) in [5, 5.41) is 5.74. The Balaban J connectivity index is 2.45. The first-order valence-corrected chi connectivity index (χ1v) is 7.36. The summed E-state index contributed by atoms with van der Waals surface area (Å²) < 4.78 is 24.6. The van der Waals surface area contributed by atoms with Crippen LogP contribution in [-0.2, 0) is 4.79 Å². The first kappa shape index (κ1) is 17.3. The van der Waals surface area contributed by atoms with Crippen LogP contribution in [0.4, 0.5) is 8.78 Å². The van der Waals surface area contributed by atoms with Crippen LogP contribution in [-0.4, -0.2) is 56.0 Å². The molecule has 4 nitrogen and oxygen atoms in total. The molecule has 0 bridgehead atoms. The molecule has 1 fully saturated rings. The number of rotatable bonds is 7. The Kier molecular flexibility index (Phi) is 7.37. The number of nitrogens with one attached hydrogen (secondary N) is 2. The average molecular weight is 291 g/mol. The molecule has 0 aromatic heterocycles. The number of likely N-dealkylation sites (tertiary alicyclic amines) is 1. The lowest BCUT2D eigenvalue weighted by Crippen LogP contribution is -2.52. The summed E-state index contributed by atoms with van der Waals surface area (Å²) in [6.07, 6.45) is -1.36. The number of hydrogen-bond donors (Lipinski definition) is 2. The Bertz CT molecular complexity index is 300. The third-order valence-electron chi connectivity index (χ3n) is 3.86. The second-order valence-electron chi connectivity index (χ2n) is 5.98. The Morgan fingerprint density at radius 1 is 1.35 bits per heavy atom. The number of halogens is 2. The molecule has 1 amide bonds. The fourth-order valence-electron chi connectivity index (χ4n) is 2.69. The van der Waals surface area contributed by atoms with E-state index in [4.69, 9.17) is 0 Å². The molecule has 0 radical (unpaired) electrons. The van der Waals surface area contributed by atoms with E-state index in [2.05, 4.69) is 29.4 Å². The normalized spacial score (nSPS) is 24.4. The zero-order chi connectivity index (χ0) is 15.1. The molecule has 118 valence electrons. The maximum Gasteiger partial charge on any atom is 0.250 e. The van der Waals surface area contributed by atoms with Crippen molar-refractivity contribution in [3.63, 3.8) is 0 Å². The van der Waals surface area contributed by atoms with Gasteiger partial charge in [0.05, 0.1) is 6.54 Å². The van der Waals surface area contributed by atoms with E-state index in [1.807, 2.05) is 0 Å². The Morgan fingerprint density at radius 2 is 2.05 bits per heavy atom. The molecule has 2 atom stereocenters. The number of nitrogens with zero attached hydrogens (tertiary/aromatic N) is 1. The Labute approximate surface area is 120 Å². The molecule has 0 aliphatic carbocycles. The lowest BCUT2D eigenvalue weighted by molar-refractivity contribution is -0.119. The monoisotopic (exact) mass is 291 g/mol. The van der Waals surface area contributed by atoms with Crippen LogP contribution in [0, 0.1) is 11.8 Å². The molecule has 0 spiro atoms. The van der Waals surface area contributed by atoms with Gasteiger partial charge >= 0.3 is 0 Å². The zero-order valence-electron chi connectivity index (χ0n) is 12.7. The maximum atomic E-state index is 12.3. The van der Waals surface area contributed by atoms with Gasteiger partial charge in [-0.1, -0.05) is 13.8 Å². The van der Waals surface area contributed by atoms with E-state index < -0.39 is 6.43 Å². The van der Waals surface area contributed by atoms with E-state index in [9.17, 15) is 13.6 Å². The summed E-state index contributed by atoms with van der Waals surface area (Å²) in [6.45, 7) is 8.74. The summed E-state index contributed by atoms with van der Waals surface area (Å²) >= 11 is 0. The summed E-state index contributed by atoms with van der Waals surface area (Å²) in [7, 11) is 0. The number of hydrogen-bond acceptors (Lipinski definition) is 3. The third-order valence-corrected chi connectivity index (χ3v) is 3.86. The molecule has 1 saturated heterocycles. The molecule has 1 aliphatic heterocycles. The predicted octanol–water partition coefficient (Wildman–Crippen LogP) is 1.32. The maximum absolute atomic E-state index is 12.3. The van der Waals surface area contributed by atoms with Crippen molar-refractivity contribution < 1.29 is 13.6 Å². The number of carbonyl (C=O) groups excluding carboxylic acids is 1. The highest BCUT2D eigenvalue weighted by Gasteiger charge is 2.28. The SMILES string of the molecule is CC(=O)NCCN1CC(NCC(F)F)CC(C(C)C)C1. The van der Waals surface area contributed by atoms with Gasteiger partial charge in [0.2, 0.25) is 5.91 Å². The Hall–Kier alpha value is -0.750. The van der Waals surface area contributed by atoms with Gasteiger partial charge in [0.15, 0.2) is 0 Å². The summed E-state index contributed by atoms with van der Waals surface area (Å²) in [5.74, 6) is 1.01. The molecular weight excluding hydrogens is 264 g/mol. The van der Waals surface area contributed by atoms with E-state index in [1.54, 1.807) is 0 Å². The van der Waals surface area contributed by atoms with Gasteiger partial charge < -0.3 is 10.6 Å². The van der Waals surface area contributed by atoms with Crippen molar-refractivity contribution in [2.75, 3.05) is 32.7 Å². The molecule has 1 heterocycles. The topological polar surface area (TPSA) is 44.4 Å². The molecule has 1 aliphatic rings. The molecular formula is C14H27F2N3O. The number of amides is 1. The van der Waals surface area contributed by atoms with Crippen LogP contribution in [0.15, 0.2) is 0 Å². The van der Waals surface area contributed by atoms with Crippen LogP contribution in [0.3, 0.4) is 0 Å². The van der Waals surface area contributed by atoms with Crippen molar-refractivity contribution in [3.05, 3.63) is 0 Å². The first-order chi connectivity index (χ1) is 9.38. The lowest BCUT2D eigenvalue weighted by Gasteiger charge is -2.40. The van der Waals surface area contributed by atoms with Gasteiger partial charge in [-0.25, -0.2) is 8.78 Å². The van der Waals surface area contributed by atoms with Crippen LogP contribution < -0.4 is 10.6 Å². The molecule has 6 heteroatoms. The van der Waals surface area contributed by atoms with Crippen LogP contribution in [0.25, 0.3) is 0 Å². The second kappa shape index (κ2) is 8.52. The summed E-state index contributed by atoms with van der Waals surface area (Å²) in [5.41, 5.74) is 0. The summed E-state index contributed by atoms with van der Waals surface area (Å²) in [4.78, 5) is 13.1. The number of carbonyl (C=O) groups is 1. The van der Waals surface area contributed by atoms with Gasteiger partial charge in [-0.15, -0.1) is 0 Å². The minimum absolute atomic E-state index is 0.0326. The molecule has 2 unspecified atom stereocenters. The molecule has 20 heavy (non-hydrogen) atoms. The quantitative estimate of drug-likeness (QED) is 0.744. The molecule has 0 aromatic carbocycles. The first-order valence-electron chi connectivity index (χ1n) is 7.36. The lowest BCUT2D eigenvalue weighted by atomic mass is 9.85. The predicted molar refractivity (Wildman–Crippen MR) is 75.9 cm³/mol. The molecule has 0 aromatic rings. The van der Waals surface area contributed by atoms with Crippen LogP contribution >= 0.6 is 0 Å². The van der Waals surface area contributed by atoms with Gasteiger partial charge in [-0.2, -0.15) is 0 Å². The molecule has 0 saturated carbocycles. The van der Waals surface area contributed by atoms with Gasteiger partial charge in [-0.05, 0) is 18.3 Å². The van der Waals surface area contributed by atoms with Crippen molar-refractivity contribution in [3.8, 4) is 0 Å². The van der Waals surface area contributed by atoms with Crippen molar-refractivity contribution in [2.24, 2.45) is 11.8 Å². The Morgan fingerprint density at radius 3 is 2.60 bits per heavy atom. The minimum atomic E-state index is -2.30. The van der Waals surface area contributed by atoms with Crippen LogP contribution in [0.1, 0.15) is 27.2 Å². The number of alkyl halides is 2. The van der Waals surface area contributed by atoms with Crippen LogP contribution in [0.2, 0.25) is 0 Å². The van der Waals surface area contributed by atoms with Gasteiger partial charge in [0, 0.05) is 39.1 Å². The fraction of sp³-hybridized carbons (Fsp3) is 0.929. The van der Waals surface area contributed by atoms with E-state index >= 15 is 0 Å². The highest BCUT2D eigenvalue weighted by Crippen LogP contribution is 2.23. The van der Waals surface area contributed by atoms with Crippen molar-refractivity contribution >= 4 is 5.91 Å². The largest absolute Gasteiger partial charge is 0.355 e. The smallest absolute Gasteiger partial charge is 0.250 e. The van der Waals surface area contributed by atoms with Crippen molar-refractivity contribution in [2.45, 2.75) is 39.7 Å². The van der Waals surface area contributed by atoms with Crippen molar-refractivity contribution in [1.82, 2.24) is 15.5 Å². The highest BCUT2D eigenvalue weighted by atomic mass is 19.3. The van der Waals surface area contributed by atoms with Gasteiger partial charge in [-0.3, -0.25) is 9.69 Å².